The fourth-order valence-corrected chi connectivity index (χ4v) is 2.96. The molecule has 9 heteroatoms. The Morgan fingerprint density at radius 2 is 2.04 bits per heavy atom. The molecule has 0 unspecified atom stereocenters. The molecule has 0 saturated carbocycles. The largest absolute Gasteiger partial charge is 0.495 e. The Hall–Kier alpha value is -2.32. The molecule has 0 bridgehead atoms. The van der Waals surface area contributed by atoms with Gasteiger partial charge in [-0.05, 0) is 30.3 Å². The van der Waals surface area contributed by atoms with Gasteiger partial charge in [0, 0.05) is 16.5 Å². The van der Waals surface area contributed by atoms with Gasteiger partial charge in [0.15, 0.2) is 0 Å². The number of nitrogens with two attached hydrogens (primary N) is 1. The van der Waals surface area contributed by atoms with Gasteiger partial charge in [-0.2, -0.15) is 0 Å². The first-order chi connectivity index (χ1) is 12.2. The maximum absolute atomic E-state index is 14.1. The Morgan fingerprint density at radius 3 is 2.65 bits per heavy atom. The molecule has 0 aliphatic carbocycles. The van der Waals surface area contributed by atoms with E-state index in [1.807, 2.05) is 0 Å². The molecule has 0 aliphatic rings. The van der Waals surface area contributed by atoms with Crippen LogP contribution >= 0.6 is 27.5 Å². The quantitative estimate of drug-likeness (QED) is 0.715. The predicted molar refractivity (Wildman–Crippen MR) is 103 cm³/mol. The first-order valence-corrected chi connectivity index (χ1v) is 8.53. The van der Waals surface area contributed by atoms with Gasteiger partial charge in [-0.1, -0.05) is 27.5 Å². The summed E-state index contributed by atoms with van der Waals surface area (Å²) in [7, 11) is 3.01. The zero-order chi connectivity index (χ0) is 19.4. The minimum absolute atomic E-state index is 0.161. The number of nitrogens with zero attached hydrogens (tertiary/aromatic N) is 1. The SMILES string of the molecule is COc1ccc(Cl)cc1NC(=O)CN(C)c1cc(Br)cc(F)c1C(N)=O. The van der Waals surface area contributed by atoms with Crippen LogP contribution in [0.5, 0.6) is 5.75 Å². The predicted octanol–water partition coefficient (Wildman–Crippen LogP) is 3.42. The van der Waals surface area contributed by atoms with Crippen LogP contribution in [0.2, 0.25) is 5.02 Å². The van der Waals surface area contributed by atoms with E-state index in [1.54, 1.807) is 25.2 Å². The number of hydrogen-bond acceptors (Lipinski definition) is 4. The lowest BCUT2D eigenvalue weighted by Gasteiger charge is -2.22. The van der Waals surface area contributed by atoms with Crippen LogP contribution in [0.4, 0.5) is 15.8 Å². The summed E-state index contributed by atoms with van der Waals surface area (Å²) in [6.45, 7) is -0.161. The van der Waals surface area contributed by atoms with E-state index in [0.29, 0.717) is 20.9 Å². The van der Waals surface area contributed by atoms with Crippen molar-refractivity contribution in [1.82, 2.24) is 0 Å². The van der Waals surface area contributed by atoms with Crippen molar-refractivity contribution in [1.29, 1.82) is 0 Å². The van der Waals surface area contributed by atoms with Gasteiger partial charge in [0.05, 0.1) is 30.6 Å². The number of amides is 2. The zero-order valence-corrected chi connectivity index (χ0v) is 16.3. The lowest BCUT2D eigenvalue weighted by atomic mass is 10.1. The molecule has 0 fully saturated rings. The Bertz CT molecular complexity index is 863. The lowest BCUT2D eigenvalue weighted by Crippen LogP contribution is -2.32. The first kappa shape index (κ1) is 20.0. The topological polar surface area (TPSA) is 84.7 Å². The second-order valence-electron chi connectivity index (χ2n) is 5.39. The fraction of sp³-hybridized carbons (Fsp3) is 0.176. The van der Waals surface area contributed by atoms with Crippen LogP contribution in [0.3, 0.4) is 0 Å². The highest BCUT2D eigenvalue weighted by molar-refractivity contribution is 9.10. The highest BCUT2D eigenvalue weighted by Gasteiger charge is 2.20. The summed E-state index contributed by atoms with van der Waals surface area (Å²) >= 11 is 9.09. The van der Waals surface area contributed by atoms with Gasteiger partial charge in [-0.15, -0.1) is 0 Å². The van der Waals surface area contributed by atoms with E-state index in [0.717, 1.165) is 6.07 Å². The molecule has 0 spiro atoms. The van der Waals surface area contributed by atoms with Crippen molar-refractivity contribution in [3.05, 3.63) is 51.2 Å². The smallest absolute Gasteiger partial charge is 0.253 e. The van der Waals surface area contributed by atoms with Gasteiger partial charge in [0.1, 0.15) is 11.6 Å². The van der Waals surface area contributed by atoms with Gasteiger partial charge in [-0.3, -0.25) is 9.59 Å². The van der Waals surface area contributed by atoms with Crippen molar-refractivity contribution in [2.45, 2.75) is 0 Å². The summed E-state index contributed by atoms with van der Waals surface area (Å²) in [4.78, 5) is 25.3. The number of ether oxygens (including phenoxy) is 1. The van der Waals surface area contributed by atoms with E-state index < -0.39 is 17.6 Å². The molecule has 0 aliphatic heterocycles. The number of rotatable bonds is 6. The molecule has 0 atom stereocenters. The number of carbonyl (C=O) groups is 2. The Kier molecular flexibility index (Phi) is 6.44. The summed E-state index contributed by atoms with van der Waals surface area (Å²) in [6, 6.07) is 7.44. The molecule has 26 heavy (non-hydrogen) atoms. The number of likely N-dealkylation sites (N-methyl/N-ethyl adjacent to an activating group) is 1. The average Bonchev–Trinajstić information content (AvgIpc) is 2.53. The molecule has 6 nitrogen and oxygen atoms in total. The summed E-state index contributed by atoms with van der Waals surface area (Å²) in [5.41, 5.74) is 5.56. The number of primary amides is 1. The molecular formula is C17H16BrClFN3O3. The maximum Gasteiger partial charge on any atom is 0.253 e. The van der Waals surface area contributed by atoms with Crippen molar-refractivity contribution >= 4 is 50.7 Å². The minimum atomic E-state index is -0.922. The molecule has 2 amide bonds. The van der Waals surface area contributed by atoms with Gasteiger partial charge < -0.3 is 20.7 Å². The van der Waals surface area contributed by atoms with Crippen LogP contribution < -0.4 is 20.7 Å². The van der Waals surface area contributed by atoms with E-state index in [4.69, 9.17) is 22.1 Å². The fourth-order valence-electron chi connectivity index (χ4n) is 2.37. The lowest BCUT2D eigenvalue weighted by molar-refractivity contribution is -0.114. The maximum atomic E-state index is 14.1. The van der Waals surface area contributed by atoms with Crippen LogP contribution in [0.1, 0.15) is 10.4 Å². The number of methoxy groups -OCH3 is 1. The zero-order valence-electron chi connectivity index (χ0n) is 14.0. The van der Waals surface area contributed by atoms with Crippen molar-refractivity contribution in [3.8, 4) is 5.75 Å². The average molecular weight is 445 g/mol. The van der Waals surface area contributed by atoms with Gasteiger partial charge >= 0.3 is 0 Å². The second-order valence-corrected chi connectivity index (χ2v) is 6.75. The number of carbonyl (C=O) groups excluding carboxylic acids is 2. The third-order valence-corrected chi connectivity index (χ3v) is 4.20. The van der Waals surface area contributed by atoms with Gasteiger partial charge in [0.2, 0.25) is 5.91 Å². The monoisotopic (exact) mass is 443 g/mol. The Morgan fingerprint density at radius 1 is 1.35 bits per heavy atom. The van der Waals surface area contributed by atoms with E-state index in [1.165, 1.54) is 18.1 Å². The number of benzene rings is 2. The van der Waals surface area contributed by atoms with Crippen molar-refractivity contribution in [2.24, 2.45) is 5.73 Å². The van der Waals surface area contributed by atoms with Gasteiger partial charge in [0.25, 0.3) is 5.91 Å². The first-order valence-electron chi connectivity index (χ1n) is 7.36. The second kappa shape index (κ2) is 8.37. The van der Waals surface area contributed by atoms with Crippen LogP contribution in [0.25, 0.3) is 0 Å². The standard InChI is InChI=1S/C17H16BrClFN3O3/c1-23(13-6-9(18)5-11(20)16(13)17(21)25)8-15(24)22-12-7-10(19)3-4-14(12)26-2/h3-7H,8H2,1-2H3,(H2,21,25)(H,22,24). The minimum Gasteiger partial charge on any atom is -0.495 e. The molecular weight excluding hydrogens is 429 g/mol. The summed E-state index contributed by atoms with van der Waals surface area (Å²) < 4.78 is 19.6. The number of nitrogens with one attached hydrogen (secondary N) is 1. The number of anilines is 2. The van der Waals surface area contributed by atoms with E-state index >= 15 is 0 Å². The van der Waals surface area contributed by atoms with E-state index in [2.05, 4.69) is 21.2 Å². The molecule has 3 N–H and O–H groups in total. The molecule has 2 aromatic carbocycles. The molecule has 0 radical (unpaired) electrons. The summed E-state index contributed by atoms with van der Waals surface area (Å²) in [5.74, 6) is -1.67. The molecule has 2 rings (SSSR count). The third-order valence-electron chi connectivity index (χ3n) is 3.51. The highest BCUT2D eigenvalue weighted by Crippen LogP contribution is 2.29. The highest BCUT2D eigenvalue weighted by atomic mass is 79.9. The van der Waals surface area contributed by atoms with Crippen molar-refractivity contribution in [2.75, 3.05) is 30.9 Å². The van der Waals surface area contributed by atoms with E-state index in [-0.39, 0.29) is 17.8 Å². The Labute approximate surface area is 163 Å². The van der Waals surface area contributed by atoms with Crippen LogP contribution in [0, 0.1) is 5.82 Å². The molecule has 0 heterocycles. The summed E-state index contributed by atoms with van der Waals surface area (Å²) in [5, 5.41) is 3.10. The molecule has 0 saturated heterocycles. The number of hydrogen-bond donors (Lipinski definition) is 2. The Balaban J connectivity index is 2.23. The summed E-state index contributed by atoms with van der Waals surface area (Å²) in [6.07, 6.45) is 0. The van der Waals surface area contributed by atoms with E-state index in [9.17, 15) is 14.0 Å². The van der Waals surface area contributed by atoms with Crippen LogP contribution in [-0.2, 0) is 4.79 Å². The van der Waals surface area contributed by atoms with Gasteiger partial charge in [-0.25, -0.2) is 4.39 Å². The normalized spacial score (nSPS) is 10.3. The molecule has 138 valence electrons. The molecule has 0 aromatic heterocycles. The van der Waals surface area contributed by atoms with Crippen molar-refractivity contribution < 1.29 is 18.7 Å². The van der Waals surface area contributed by atoms with Crippen LogP contribution in [0.15, 0.2) is 34.8 Å². The molecule has 2 aromatic rings. The third kappa shape index (κ3) is 4.64. The number of halogens is 3. The van der Waals surface area contributed by atoms with Crippen LogP contribution in [-0.4, -0.2) is 32.5 Å². The van der Waals surface area contributed by atoms with Crippen molar-refractivity contribution in [3.63, 3.8) is 0 Å².